The van der Waals surface area contributed by atoms with Gasteiger partial charge in [-0.2, -0.15) is 0 Å². The van der Waals surface area contributed by atoms with Crippen molar-refractivity contribution in [1.82, 2.24) is 14.5 Å². The maximum atomic E-state index is 14.3. The number of benzene rings is 1. The summed E-state index contributed by atoms with van der Waals surface area (Å²) in [5.41, 5.74) is 0.826. The summed E-state index contributed by atoms with van der Waals surface area (Å²) in [6.45, 7) is 1.78. The zero-order valence-corrected chi connectivity index (χ0v) is 13.4. The zero-order chi connectivity index (χ0) is 15.9. The van der Waals surface area contributed by atoms with Crippen LogP contribution in [0.15, 0.2) is 40.3 Å². The Labute approximate surface area is 135 Å². The number of halogens is 2. The largest absolute Gasteiger partial charge is 0.269 e. The third-order valence-corrected chi connectivity index (χ3v) is 4.05. The molecule has 7 heteroatoms. The molecule has 0 N–H and O–H groups in total. The zero-order valence-electron chi connectivity index (χ0n) is 11.8. The van der Waals surface area contributed by atoms with Gasteiger partial charge in [-0.15, -0.1) is 0 Å². The Balaban J connectivity index is 2.44. The van der Waals surface area contributed by atoms with Gasteiger partial charge in [-0.05, 0) is 36.9 Å². The molecule has 0 aliphatic heterocycles. The standard InChI is InChI=1S/C15H11ClFN3OS/c1-8-3-5-11(10(17)7-8)20-12(21)6-4-9-13(16)18-15(22-2)19-14(9)20/h3-7H,1-2H3. The van der Waals surface area contributed by atoms with E-state index in [9.17, 15) is 9.18 Å². The van der Waals surface area contributed by atoms with Crippen LogP contribution in [0.3, 0.4) is 0 Å². The third kappa shape index (κ3) is 2.48. The van der Waals surface area contributed by atoms with Crippen LogP contribution in [0.4, 0.5) is 4.39 Å². The van der Waals surface area contributed by atoms with Gasteiger partial charge in [0.25, 0.3) is 5.56 Å². The highest BCUT2D eigenvalue weighted by atomic mass is 35.5. The molecule has 0 saturated heterocycles. The lowest BCUT2D eigenvalue weighted by Gasteiger charge is -2.12. The molecule has 2 heterocycles. The average molecular weight is 336 g/mol. The molecule has 1 aromatic carbocycles. The molecule has 22 heavy (non-hydrogen) atoms. The van der Waals surface area contributed by atoms with Gasteiger partial charge >= 0.3 is 0 Å². The Bertz CT molecular complexity index is 942. The van der Waals surface area contributed by atoms with Crippen LogP contribution in [0.5, 0.6) is 0 Å². The van der Waals surface area contributed by atoms with Gasteiger partial charge in [0.15, 0.2) is 10.8 Å². The minimum atomic E-state index is -0.491. The first-order chi connectivity index (χ1) is 10.5. The minimum Gasteiger partial charge on any atom is -0.269 e. The Hall–Kier alpha value is -1.92. The van der Waals surface area contributed by atoms with Gasteiger partial charge < -0.3 is 0 Å². The summed E-state index contributed by atoms with van der Waals surface area (Å²) < 4.78 is 15.5. The lowest BCUT2D eigenvalue weighted by molar-refractivity contribution is 0.616. The van der Waals surface area contributed by atoms with Crippen LogP contribution in [0.2, 0.25) is 5.15 Å². The fourth-order valence-corrected chi connectivity index (χ4v) is 2.81. The summed E-state index contributed by atoms with van der Waals surface area (Å²) in [6, 6.07) is 7.55. The van der Waals surface area contributed by atoms with Crippen molar-refractivity contribution in [2.24, 2.45) is 0 Å². The maximum absolute atomic E-state index is 14.3. The second-order valence-electron chi connectivity index (χ2n) is 4.70. The molecule has 112 valence electrons. The quantitative estimate of drug-likeness (QED) is 0.408. The summed E-state index contributed by atoms with van der Waals surface area (Å²) in [5, 5.41) is 1.15. The van der Waals surface area contributed by atoms with Gasteiger partial charge in [-0.25, -0.2) is 14.4 Å². The first-order valence-electron chi connectivity index (χ1n) is 6.41. The lowest BCUT2D eigenvalue weighted by Crippen LogP contribution is -2.20. The van der Waals surface area contributed by atoms with Crippen LogP contribution in [-0.2, 0) is 0 Å². The predicted octanol–water partition coefficient (Wildman–Crippen LogP) is 3.60. The summed E-state index contributed by atoms with van der Waals surface area (Å²) in [5.74, 6) is -0.491. The molecule has 2 aromatic heterocycles. The summed E-state index contributed by atoms with van der Waals surface area (Å²) >= 11 is 7.44. The molecule has 4 nitrogen and oxygen atoms in total. The number of pyridine rings is 1. The topological polar surface area (TPSA) is 47.8 Å². The van der Waals surface area contributed by atoms with E-state index in [1.807, 2.05) is 0 Å². The second kappa shape index (κ2) is 5.70. The molecule has 0 saturated carbocycles. The average Bonchev–Trinajstić information content (AvgIpc) is 2.48. The number of nitrogens with zero attached hydrogens (tertiary/aromatic N) is 3. The number of thioether (sulfide) groups is 1. The van der Waals surface area contributed by atoms with E-state index in [2.05, 4.69) is 9.97 Å². The van der Waals surface area contributed by atoms with E-state index in [1.165, 1.54) is 28.5 Å². The highest BCUT2D eigenvalue weighted by Crippen LogP contribution is 2.25. The summed E-state index contributed by atoms with van der Waals surface area (Å²) in [4.78, 5) is 20.7. The molecule has 0 aliphatic carbocycles. The van der Waals surface area contributed by atoms with Gasteiger partial charge in [0.2, 0.25) is 0 Å². The first-order valence-corrected chi connectivity index (χ1v) is 8.01. The minimum absolute atomic E-state index is 0.142. The van der Waals surface area contributed by atoms with Gasteiger partial charge in [0.1, 0.15) is 11.0 Å². The van der Waals surface area contributed by atoms with E-state index in [0.717, 1.165) is 5.56 Å². The molecule has 0 radical (unpaired) electrons. The Kier molecular flexibility index (Phi) is 3.88. The van der Waals surface area contributed by atoms with E-state index >= 15 is 0 Å². The van der Waals surface area contributed by atoms with E-state index in [-0.39, 0.29) is 16.4 Å². The van der Waals surface area contributed by atoms with E-state index in [4.69, 9.17) is 11.6 Å². The van der Waals surface area contributed by atoms with Crippen molar-refractivity contribution in [3.63, 3.8) is 0 Å². The smallest absolute Gasteiger partial charge is 0.256 e. The number of aryl methyl sites for hydroxylation is 1. The number of rotatable bonds is 2. The van der Waals surface area contributed by atoms with Crippen molar-refractivity contribution >= 4 is 34.4 Å². The number of hydrogen-bond acceptors (Lipinski definition) is 4. The van der Waals surface area contributed by atoms with Gasteiger partial charge in [0, 0.05) is 6.07 Å². The monoisotopic (exact) mass is 335 g/mol. The number of aromatic nitrogens is 3. The molecule has 0 unspecified atom stereocenters. The normalized spacial score (nSPS) is 11.1. The fraction of sp³-hybridized carbons (Fsp3) is 0.133. The molecular formula is C15H11ClFN3OS. The summed E-state index contributed by atoms with van der Waals surface area (Å²) in [7, 11) is 0. The van der Waals surface area contributed by atoms with Crippen molar-refractivity contribution in [3.8, 4) is 5.69 Å². The Morgan fingerprint density at radius 1 is 1.23 bits per heavy atom. The third-order valence-electron chi connectivity index (χ3n) is 3.21. The van der Waals surface area contributed by atoms with E-state index < -0.39 is 5.82 Å². The maximum Gasteiger partial charge on any atom is 0.256 e. The molecule has 0 bridgehead atoms. The fourth-order valence-electron chi connectivity index (χ4n) is 2.18. The Morgan fingerprint density at radius 2 is 2.00 bits per heavy atom. The van der Waals surface area contributed by atoms with Crippen LogP contribution < -0.4 is 5.56 Å². The second-order valence-corrected chi connectivity index (χ2v) is 5.83. The van der Waals surface area contributed by atoms with Gasteiger partial charge in [-0.3, -0.25) is 9.36 Å². The first kappa shape index (κ1) is 15.0. The van der Waals surface area contributed by atoms with Crippen LogP contribution in [-0.4, -0.2) is 20.8 Å². The molecular weight excluding hydrogens is 325 g/mol. The molecule has 3 rings (SSSR count). The molecule has 3 aromatic rings. The molecule has 0 fully saturated rings. The van der Waals surface area contributed by atoms with Crippen molar-refractivity contribution < 1.29 is 4.39 Å². The Morgan fingerprint density at radius 3 is 2.68 bits per heavy atom. The van der Waals surface area contributed by atoms with Crippen LogP contribution in [0.25, 0.3) is 16.7 Å². The van der Waals surface area contributed by atoms with Crippen LogP contribution in [0, 0.1) is 12.7 Å². The van der Waals surface area contributed by atoms with E-state index in [1.54, 1.807) is 31.4 Å². The highest BCUT2D eigenvalue weighted by molar-refractivity contribution is 7.98. The van der Waals surface area contributed by atoms with Crippen molar-refractivity contribution in [2.45, 2.75) is 12.1 Å². The number of fused-ring (bicyclic) bond motifs is 1. The van der Waals surface area contributed by atoms with Crippen molar-refractivity contribution in [1.29, 1.82) is 0 Å². The molecule has 0 atom stereocenters. The number of hydrogen-bond donors (Lipinski definition) is 0. The highest BCUT2D eigenvalue weighted by Gasteiger charge is 2.14. The van der Waals surface area contributed by atoms with Crippen molar-refractivity contribution in [2.75, 3.05) is 6.26 Å². The van der Waals surface area contributed by atoms with Crippen molar-refractivity contribution in [3.05, 3.63) is 57.2 Å². The lowest BCUT2D eigenvalue weighted by atomic mass is 10.2. The molecule has 0 spiro atoms. The van der Waals surface area contributed by atoms with Gasteiger partial charge in [-0.1, -0.05) is 29.4 Å². The SMILES string of the molecule is CSc1nc(Cl)c2ccc(=O)n(-c3ccc(C)cc3F)c2n1. The predicted molar refractivity (Wildman–Crippen MR) is 86.6 cm³/mol. The summed E-state index contributed by atoms with van der Waals surface area (Å²) in [6.07, 6.45) is 1.80. The molecule has 0 aliphatic rings. The van der Waals surface area contributed by atoms with E-state index in [0.29, 0.717) is 16.2 Å². The van der Waals surface area contributed by atoms with Crippen LogP contribution in [0.1, 0.15) is 5.56 Å². The van der Waals surface area contributed by atoms with Gasteiger partial charge in [0.05, 0.1) is 11.1 Å². The molecule has 0 amide bonds. The van der Waals surface area contributed by atoms with Crippen LogP contribution >= 0.6 is 23.4 Å².